The summed E-state index contributed by atoms with van der Waals surface area (Å²) in [4.78, 5) is 21.4. The number of hydrogen-bond donors (Lipinski definition) is 2. The van der Waals surface area contributed by atoms with Crippen molar-refractivity contribution in [3.63, 3.8) is 0 Å². The summed E-state index contributed by atoms with van der Waals surface area (Å²) in [7, 11) is 0. The fraction of sp³-hybridized carbons (Fsp3) is 0.273. The molecule has 1 rings (SSSR count). The molecule has 1 aromatic carbocycles. The predicted molar refractivity (Wildman–Crippen MR) is 60.4 cm³/mol. The van der Waals surface area contributed by atoms with Crippen LogP contribution in [0.15, 0.2) is 24.3 Å². The van der Waals surface area contributed by atoms with E-state index in [1.807, 2.05) is 12.1 Å². The molecule has 86 valence electrons. The molecule has 0 radical (unpaired) electrons. The van der Waals surface area contributed by atoms with E-state index in [9.17, 15) is 9.59 Å². The molecular weight excluding hydrogens is 230 g/mol. The number of carbonyl (C=O) groups excluding carboxylic acids is 1. The van der Waals surface area contributed by atoms with Gasteiger partial charge in [-0.1, -0.05) is 23.7 Å². The van der Waals surface area contributed by atoms with Crippen molar-refractivity contribution in [2.75, 3.05) is 6.54 Å². The second-order valence-electron chi connectivity index (χ2n) is 3.30. The van der Waals surface area contributed by atoms with Gasteiger partial charge in [-0.3, -0.25) is 9.59 Å². The standard InChI is InChI=1S/C11H12ClNO3/c12-9-3-1-2-8(6-9)4-5-10(14)13-7-11(15)16/h1-3,6H,4-5,7H2,(H,13,14)(H,15,16). The van der Waals surface area contributed by atoms with Gasteiger partial charge in [-0.25, -0.2) is 0 Å². The molecule has 0 aliphatic rings. The lowest BCUT2D eigenvalue weighted by molar-refractivity contribution is -0.137. The number of nitrogens with one attached hydrogen (secondary N) is 1. The molecule has 0 bridgehead atoms. The number of benzene rings is 1. The Kier molecular flexibility index (Phi) is 4.79. The molecule has 16 heavy (non-hydrogen) atoms. The van der Waals surface area contributed by atoms with Crippen LogP contribution in [0.3, 0.4) is 0 Å². The van der Waals surface area contributed by atoms with E-state index >= 15 is 0 Å². The van der Waals surface area contributed by atoms with Gasteiger partial charge in [0.25, 0.3) is 0 Å². The van der Waals surface area contributed by atoms with Crippen molar-refractivity contribution in [3.8, 4) is 0 Å². The number of aliphatic carboxylic acids is 1. The summed E-state index contributed by atoms with van der Waals surface area (Å²) in [5.74, 6) is -1.32. The monoisotopic (exact) mass is 241 g/mol. The third-order valence-corrected chi connectivity index (χ3v) is 2.20. The molecule has 1 aromatic rings. The third kappa shape index (κ3) is 4.79. The molecule has 0 atom stereocenters. The van der Waals surface area contributed by atoms with E-state index in [1.54, 1.807) is 12.1 Å². The van der Waals surface area contributed by atoms with E-state index in [4.69, 9.17) is 16.7 Å². The Balaban J connectivity index is 2.34. The highest BCUT2D eigenvalue weighted by molar-refractivity contribution is 6.30. The van der Waals surface area contributed by atoms with E-state index in [0.717, 1.165) is 5.56 Å². The van der Waals surface area contributed by atoms with E-state index in [-0.39, 0.29) is 18.9 Å². The van der Waals surface area contributed by atoms with Gasteiger partial charge in [-0.2, -0.15) is 0 Å². The lowest BCUT2D eigenvalue weighted by Gasteiger charge is -2.03. The van der Waals surface area contributed by atoms with Crippen LogP contribution in [0.2, 0.25) is 5.02 Å². The lowest BCUT2D eigenvalue weighted by Crippen LogP contribution is -2.29. The highest BCUT2D eigenvalue weighted by Crippen LogP contribution is 2.11. The Labute approximate surface area is 98.2 Å². The van der Waals surface area contributed by atoms with Crippen LogP contribution < -0.4 is 5.32 Å². The predicted octanol–water partition coefficient (Wildman–Crippen LogP) is 1.47. The highest BCUT2D eigenvalue weighted by atomic mass is 35.5. The summed E-state index contributed by atoms with van der Waals surface area (Å²) in [6.07, 6.45) is 0.805. The van der Waals surface area contributed by atoms with Gasteiger partial charge in [-0.05, 0) is 24.1 Å². The van der Waals surface area contributed by atoms with Crippen molar-refractivity contribution >= 4 is 23.5 Å². The van der Waals surface area contributed by atoms with Gasteiger partial charge in [0, 0.05) is 11.4 Å². The normalized spacial score (nSPS) is 9.81. The van der Waals surface area contributed by atoms with Crippen LogP contribution in [-0.4, -0.2) is 23.5 Å². The number of carboxylic acid groups (broad SMARTS) is 1. The second kappa shape index (κ2) is 6.12. The van der Waals surface area contributed by atoms with Gasteiger partial charge >= 0.3 is 5.97 Å². The molecule has 0 aromatic heterocycles. The first-order chi connectivity index (χ1) is 7.58. The molecule has 0 saturated heterocycles. The number of amides is 1. The molecule has 0 fully saturated rings. The van der Waals surface area contributed by atoms with Crippen LogP contribution in [-0.2, 0) is 16.0 Å². The van der Waals surface area contributed by atoms with Crippen molar-refractivity contribution in [1.82, 2.24) is 5.32 Å². The largest absolute Gasteiger partial charge is 0.480 e. The third-order valence-electron chi connectivity index (χ3n) is 1.97. The van der Waals surface area contributed by atoms with Gasteiger partial charge in [0.1, 0.15) is 6.54 Å². The average molecular weight is 242 g/mol. The molecule has 0 unspecified atom stereocenters. The maximum absolute atomic E-state index is 11.2. The fourth-order valence-corrected chi connectivity index (χ4v) is 1.43. The summed E-state index contributed by atoms with van der Waals surface area (Å²) in [6, 6.07) is 7.23. The minimum atomic E-state index is -1.05. The molecule has 5 heteroatoms. The van der Waals surface area contributed by atoms with Crippen molar-refractivity contribution < 1.29 is 14.7 Å². The first-order valence-electron chi connectivity index (χ1n) is 4.81. The van der Waals surface area contributed by atoms with Crippen molar-refractivity contribution in [2.24, 2.45) is 0 Å². The first-order valence-corrected chi connectivity index (χ1v) is 5.18. The minimum absolute atomic E-state index is 0.258. The van der Waals surface area contributed by atoms with Crippen LogP contribution in [0.1, 0.15) is 12.0 Å². The maximum Gasteiger partial charge on any atom is 0.322 e. The SMILES string of the molecule is O=C(O)CNC(=O)CCc1cccc(Cl)c1. The van der Waals surface area contributed by atoms with E-state index in [2.05, 4.69) is 5.32 Å². The van der Waals surface area contributed by atoms with Crippen LogP contribution in [0.4, 0.5) is 0 Å². The number of hydrogen-bond acceptors (Lipinski definition) is 2. The molecule has 0 heterocycles. The lowest BCUT2D eigenvalue weighted by atomic mass is 10.1. The van der Waals surface area contributed by atoms with Gasteiger partial charge < -0.3 is 10.4 Å². The van der Waals surface area contributed by atoms with Gasteiger partial charge in [-0.15, -0.1) is 0 Å². The van der Waals surface area contributed by atoms with Crippen LogP contribution >= 0.6 is 11.6 Å². The summed E-state index contributed by atoms with van der Waals surface area (Å²) < 4.78 is 0. The molecule has 0 aliphatic heterocycles. The molecule has 0 spiro atoms. The smallest absolute Gasteiger partial charge is 0.322 e. The fourth-order valence-electron chi connectivity index (χ4n) is 1.21. The zero-order valence-electron chi connectivity index (χ0n) is 8.57. The van der Waals surface area contributed by atoms with Crippen molar-refractivity contribution in [3.05, 3.63) is 34.9 Å². The molecule has 0 saturated carbocycles. The summed E-state index contributed by atoms with van der Waals surface area (Å²) in [5.41, 5.74) is 0.956. The van der Waals surface area contributed by atoms with E-state index in [1.165, 1.54) is 0 Å². The van der Waals surface area contributed by atoms with Crippen molar-refractivity contribution in [2.45, 2.75) is 12.8 Å². The summed E-state index contributed by atoms with van der Waals surface area (Å²) >= 11 is 5.78. The minimum Gasteiger partial charge on any atom is -0.480 e. The van der Waals surface area contributed by atoms with Crippen LogP contribution in [0.5, 0.6) is 0 Å². The van der Waals surface area contributed by atoms with E-state index in [0.29, 0.717) is 11.4 Å². The Bertz CT molecular complexity index is 393. The zero-order valence-corrected chi connectivity index (χ0v) is 9.33. The first kappa shape index (κ1) is 12.5. The second-order valence-corrected chi connectivity index (χ2v) is 3.74. The summed E-state index contributed by atoms with van der Waals surface area (Å²) in [5, 5.41) is 11.3. The number of carboxylic acids is 1. The van der Waals surface area contributed by atoms with Crippen LogP contribution in [0, 0.1) is 0 Å². The zero-order chi connectivity index (χ0) is 12.0. The molecule has 4 nitrogen and oxygen atoms in total. The van der Waals surface area contributed by atoms with Gasteiger partial charge in [0.2, 0.25) is 5.91 Å². The van der Waals surface area contributed by atoms with Crippen LogP contribution in [0.25, 0.3) is 0 Å². The Morgan fingerprint density at radius 3 is 2.75 bits per heavy atom. The van der Waals surface area contributed by atoms with Gasteiger partial charge in [0.05, 0.1) is 0 Å². The maximum atomic E-state index is 11.2. The number of rotatable bonds is 5. The molecular formula is C11H12ClNO3. The van der Waals surface area contributed by atoms with Crippen molar-refractivity contribution in [1.29, 1.82) is 0 Å². The molecule has 2 N–H and O–H groups in total. The Morgan fingerprint density at radius 2 is 2.12 bits per heavy atom. The van der Waals surface area contributed by atoms with E-state index < -0.39 is 5.97 Å². The Morgan fingerprint density at radius 1 is 1.38 bits per heavy atom. The highest BCUT2D eigenvalue weighted by Gasteiger charge is 2.04. The quantitative estimate of drug-likeness (QED) is 0.821. The topological polar surface area (TPSA) is 66.4 Å². The molecule has 1 amide bonds. The average Bonchev–Trinajstić information content (AvgIpc) is 2.23. The Hall–Kier alpha value is -1.55. The number of halogens is 1. The number of aryl methyl sites for hydroxylation is 1. The van der Waals surface area contributed by atoms with Gasteiger partial charge in [0.15, 0.2) is 0 Å². The number of carbonyl (C=O) groups is 2. The molecule has 0 aliphatic carbocycles. The summed E-state index contributed by atoms with van der Waals surface area (Å²) in [6.45, 7) is -0.339.